The smallest absolute Gasteiger partial charge is 0.185 e. The molecule has 18 heavy (non-hydrogen) atoms. The molecule has 3 nitrogen and oxygen atoms in total. The average Bonchev–Trinajstić information content (AvgIpc) is 2.87. The molecule has 2 atom stereocenters. The number of thiazole rings is 1. The van der Waals surface area contributed by atoms with E-state index in [0.29, 0.717) is 0 Å². The second kappa shape index (κ2) is 5.57. The zero-order valence-corrected chi connectivity index (χ0v) is 12.0. The first kappa shape index (κ1) is 12.4. The Morgan fingerprint density at radius 3 is 3.06 bits per heavy atom. The molecule has 0 spiro atoms. The van der Waals surface area contributed by atoms with E-state index in [4.69, 9.17) is 0 Å². The third-order valence-electron chi connectivity index (χ3n) is 4.38. The maximum atomic E-state index is 4.65. The van der Waals surface area contributed by atoms with Gasteiger partial charge in [-0.2, -0.15) is 0 Å². The summed E-state index contributed by atoms with van der Waals surface area (Å²) in [5, 5.41) is 4.47. The average molecular weight is 265 g/mol. The van der Waals surface area contributed by atoms with E-state index in [1.807, 2.05) is 24.6 Å². The van der Waals surface area contributed by atoms with Gasteiger partial charge in [-0.1, -0.05) is 12.8 Å². The summed E-state index contributed by atoms with van der Waals surface area (Å²) in [7, 11) is 2.00. The van der Waals surface area contributed by atoms with Crippen LogP contribution in [0.15, 0.2) is 6.20 Å². The first-order valence-corrected chi connectivity index (χ1v) is 8.06. The van der Waals surface area contributed by atoms with Gasteiger partial charge in [0.05, 0.1) is 0 Å². The minimum Gasteiger partial charge on any atom is -0.345 e. The largest absolute Gasteiger partial charge is 0.345 e. The quantitative estimate of drug-likeness (QED) is 0.910. The van der Waals surface area contributed by atoms with Crippen LogP contribution in [0.2, 0.25) is 0 Å². The predicted molar refractivity (Wildman–Crippen MR) is 77.2 cm³/mol. The van der Waals surface area contributed by atoms with Gasteiger partial charge in [0.25, 0.3) is 0 Å². The molecule has 3 rings (SSSR count). The molecule has 4 heteroatoms. The summed E-state index contributed by atoms with van der Waals surface area (Å²) in [4.78, 5) is 8.61. The highest BCUT2D eigenvalue weighted by Crippen LogP contribution is 2.38. The van der Waals surface area contributed by atoms with Crippen LogP contribution in [0.5, 0.6) is 0 Å². The Morgan fingerprint density at radius 1 is 1.33 bits per heavy atom. The maximum Gasteiger partial charge on any atom is 0.185 e. The molecule has 1 aliphatic heterocycles. The highest BCUT2D eigenvalue weighted by atomic mass is 32.1. The maximum absolute atomic E-state index is 4.65. The summed E-state index contributed by atoms with van der Waals surface area (Å²) in [5.74, 6) is 0.934. The molecule has 0 bridgehead atoms. The second-order valence-electron chi connectivity index (χ2n) is 5.59. The van der Waals surface area contributed by atoms with E-state index in [2.05, 4.69) is 15.2 Å². The van der Waals surface area contributed by atoms with Gasteiger partial charge < -0.3 is 10.2 Å². The molecule has 1 aromatic heterocycles. The van der Waals surface area contributed by atoms with E-state index in [-0.39, 0.29) is 0 Å². The number of fused-ring (bicyclic) bond motifs is 1. The lowest BCUT2D eigenvalue weighted by Crippen LogP contribution is -2.46. The Kier molecular flexibility index (Phi) is 3.85. The Bertz CT molecular complexity index is 388. The molecule has 0 unspecified atom stereocenters. The lowest BCUT2D eigenvalue weighted by Gasteiger charge is -2.44. The number of rotatable bonds is 3. The van der Waals surface area contributed by atoms with E-state index < -0.39 is 0 Å². The molecule has 2 heterocycles. The van der Waals surface area contributed by atoms with Gasteiger partial charge in [-0.3, -0.25) is 0 Å². The van der Waals surface area contributed by atoms with Crippen molar-refractivity contribution in [3.63, 3.8) is 0 Å². The molecule has 0 amide bonds. The van der Waals surface area contributed by atoms with Crippen LogP contribution in [-0.4, -0.2) is 24.6 Å². The van der Waals surface area contributed by atoms with Crippen molar-refractivity contribution in [3.8, 4) is 0 Å². The van der Waals surface area contributed by atoms with Crippen molar-refractivity contribution in [1.82, 2.24) is 10.3 Å². The number of hydrogen-bond donors (Lipinski definition) is 1. The Labute approximate surface area is 114 Å². The number of nitrogens with one attached hydrogen (secondary N) is 1. The fourth-order valence-electron chi connectivity index (χ4n) is 3.55. The first-order chi connectivity index (χ1) is 8.88. The second-order valence-corrected chi connectivity index (χ2v) is 6.68. The van der Waals surface area contributed by atoms with Gasteiger partial charge >= 0.3 is 0 Å². The first-order valence-electron chi connectivity index (χ1n) is 7.24. The van der Waals surface area contributed by atoms with Crippen molar-refractivity contribution < 1.29 is 0 Å². The van der Waals surface area contributed by atoms with Crippen LogP contribution in [0, 0.1) is 5.92 Å². The lowest BCUT2D eigenvalue weighted by atomic mass is 9.78. The van der Waals surface area contributed by atoms with Crippen LogP contribution in [0.3, 0.4) is 0 Å². The van der Waals surface area contributed by atoms with E-state index in [1.54, 1.807) is 0 Å². The summed E-state index contributed by atoms with van der Waals surface area (Å²) < 4.78 is 0. The molecule has 0 aromatic carbocycles. The highest BCUT2D eigenvalue weighted by molar-refractivity contribution is 7.15. The number of aromatic nitrogens is 1. The van der Waals surface area contributed by atoms with Gasteiger partial charge in [0.1, 0.15) is 0 Å². The molecule has 0 radical (unpaired) electrons. The fraction of sp³-hybridized carbons (Fsp3) is 0.786. The molecule has 1 aliphatic carbocycles. The van der Waals surface area contributed by atoms with Crippen molar-refractivity contribution in [3.05, 3.63) is 11.1 Å². The molecule has 2 fully saturated rings. The number of piperidine rings is 1. The zero-order valence-electron chi connectivity index (χ0n) is 11.2. The molecular formula is C14H23N3S. The van der Waals surface area contributed by atoms with Crippen LogP contribution in [0.4, 0.5) is 5.13 Å². The molecular weight excluding hydrogens is 242 g/mol. The van der Waals surface area contributed by atoms with E-state index in [1.165, 1.54) is 55.1 Å². The van der Waals surface area contributed by atoms with Crippen LogP contribution in [0.25, 0.3) is 0 Å². The molecule has 1 aromatic rings. The van der Waals surface area contributed by atoms with Crippen molar-refractivity contribution in [2.75, 3.05) is 18.5 Å². The molecule has 2 aliphatic rings. The van der Waals surface area contributed by atoms with Crippen molar-refractivity contribution in [1.29, 1.82) is 0 Å². The topological polar surface area (TPSA) is 28.2 Å². The van der Waals surface area contributed by atoms with Crippen LogP contribution >= 0.6 is 11.3 Å². The number of hydrogen-bond acceptors (Lipinski definition) is 4. The standard InChI is InChI=1S/C14H23N3S/c1-15-9-12-10-16-14(18-12)17-8-4-6-11-5-2-3-7-13(11)17/h10-11,13,15H,2-9H2,1H3/t11-,13-/m1/s1. The Hall–Kier alpha value is -0.610. The van der Waals surface area contributed by atoms with Gasteiger partial charge in [0, 0.05) is 30.2 Å². The van der Waals surface area contributed by atoms with Gasteiger partial charge in [0.2, 0.25) is 0 Å². The van der Waals surface area contributed by atoms with E-state index in [9.17, 15) is 0 Å². The third-order valence-corrected chi connectivity index (χ3v) is 5.42. The molecule has 100 valence electrons. The summed E-state index contributed by atoms with van der Waals surface area (Å²) in [6.07, 6.45) is 10.5. The SMILES string of the molecule is CNCc1cnc(N2CCC[C@H]3CCCC[C@H]32)s1. The summed E-state index contributed by atoms with van der Waals surface area (Å²) in [6, 6.07) is 0.779. The predicted octanol–water partition coefficient (Wildman–Crippen LogP) is 3.02. The van der Waals surface area contributed by atoms with Gasteiger partial charge in [-0.15, -0.1) is 11.3 Å². The summed E-state index contributed by atoms with van der Waals surface area (Å²) >= 11 is 1.87. The third kappa shape index (κ3) is 2.41. The number of anilines is 1. The Balaban J connectivity index is 1.76. The van der Waals surface area contributed by atoms with Gasteiger partial charge in [-0.05, 0) is 38.6 Å². The monoisotopic (exact) mass is 265 g/mol. The molecule has 1 saturated heterocycles. The van der Waals surface area contributed by atoms with Crippen LogP contribution < -0.4 is 10.2 Å². The summed E-state index contributed by atoms with van der Waals surface area (Å²) in [5.41, 5.74) is 0. The minimum atomic E-state index is 0.779. The Morgan fingerprint density at radius 2 is 2.17 bits per heavy atom. The van der Waals surface area contributed by atoms with Gasteiger partial charge in [0.15, 0.2) is 5.13 Å². The zero-order chi connectivity index (χ0) is 12.4. The number of nitrogens with zero attached hydrogens (tertiary/aromatic N) is 2. The lowest BCUT2D eigenvalue weighted by molar-refractivity contribution is 0.243. The summed E-state index contributed by atoms with van der Waals surface area (Å²) in [6.45, 7) is 2.16. The van der Waals surface area contributed by atoms with E-state index >= 15 is 0 Å². The van der Waals surface area contributed by atoms with Crippen molar-refractivity contribution in [2.24, 2.45) is 5.92 Å². The van der Waals surface area contributed by atoms with E-state index in [0.717, 1.165) is 18.5 Å². The van der Waals surface area contributed by atoms with Crippen molar-refractivity contribution in [2.45, 2.75) is 51.1 Å². The fourth-order valence-corrected chi connectivity index (χ4v) is 4.55. The van der Waals surface area contributed by atoms with Crippen LogP contribution in [0.1, 0.15) is 43.4 Å². The molecule has 1 saturated carbocycles. The highest BCUT2D eigenvalue weighted by Gasteiger charge is 2.34. The van der Waals surface area contributed by atoms with Crippen molar-refractivity contribution >= 4 is 16.5 Å². The minimum absolute atomic E-state index is 0.779. The van der Waals surface area contributed by atoms with Gasteiger partial charge in [-0.25, -0.2) is 4.98 Å². The van der Waals surface area contributed by atoms with Crippen LogP contribution in [-0.2, 0) is 6.54 Å². The normalized spacial score (nSPS) is 28.2. The molecule has 1 N–H and O–H groups in total.